The molecule has 4 rings (SSSR count). The highest BCUT2D eigenvalue weighted by atomic mass is 79.9. The van der Waals surface area contributed by atoms with Gasteiger partial charge in [-0.2, -0.15) is 0 Å². The van der Waals surface area contributed by atoms with Crippen LogP contribution in [0.4, 0.5) is 0 Å². The SMILES string of the molecule is CSc1cccc2c1CN(C(=O)c1nc(C3CC3)ncc1Br)CC2. The lowest BCUT2D eigenvalue weighted by Gasteiger charge is -2.30. The molecule has 1 aromatic heterocycles. The Labute approximate surface area is 154 Å². The van der Waals surface area contributed by atoms with E-state index in [1.807, 2.05) is 4.90 Å². The van der Waals surface area contributed by atoms with Crippen molar-refractivity contribution in [2.45, 2.75) is 36.6 Å². The van der Waals surface area contributed by atoms with Crippen LogP contribution in [0.25, 0.3) is 0 Å². The van der Waals surface area contributed by atoms with Gasteiger partial charge in [0.05, 0.1) is 4.47 Å². The molecule has 24 heavy (non-hydrogen) atoms. The van der Waals surface area contributed by atoms with Crippen molar-refractivity contribution in [2.24, 2.45) is 0 Å². The van der Waals surface area contributed by atoms with Crippen LogP contribution in [0.1, 0.15) is 46.2 Å². The summed E-state index contributed by atoms with van der Waals surface area (Å²) < 4.78 is 0.681. The molecule has 1 saturated carbocycles. The fraction of sp³-hybridized carbons (Fsp3) is 0.389. The largest absolute Gasteiger partial charge is 0.333 e. The molecule has 1 aliphatic heterocycles. The van der Waals surface area contributed by atoms with E-state index in [9.17, 15) is 4.79 Å². The van der Waals surface area contributed by atoms with Gasteiger partial charge in [0.15, 0.2) is 0 Å². The molecule has 0 spiro atoms. The second-order valence-electron chi connectivity index (χ2n) is 6.27. The minimum Gasteiger partial charge on any atom is -0.333 e. The van der Waals surface area contributed by atoms with Crippen LogP contribution in [0.15, 0.2) is 33.8 Å². The summed E-state index contributed by atoms with van der Waals surface area (Å²) >= 11 is 5.19. The van der Waals surface area contributed by atoms with E-state index in [2.05, 4.69) is 50.4 Å². The van der Waals surface area contributed by atoms with Crippen LogP contribution in [-0.2, 0) is 13.0 Å². The normalized spacial score (nSPS) is 16.8. The molecule has 1 fully saturated rings. The van der Waals surface area contributed by atoms with E-state index in [0.29, 0.717) is 22.6 Å². The Balaban J connectivity index is 1.63. The van der Waals surface area contributed by atoms with Crippen molar-refractivity contribution >= 4 is 33.6 Å². The van der Waals surface area contributed by atoms with Crippen molar-refractivity contribution in [1.82, 2.24) is 14.9 Å². The van der Waals surface area contributed by atoms with Crippen molar-refractivity contribution < 1.29 is 4.79 Å². The van der Waals surface area contributed by atoms with E-state index in [4.69, 9.17) is 0 Å². The number of aromatic nitrogens is 2. The van der Waals surface area contributed by atoms with E-state index in [0.717, 1.165) is 31.6 Å². The molecule has 1 amide bonds. The first kappa shape index (κ1) is 16.1. The summed E-state index contributed by atoms with van der Waals surface area (Å²) in [7, 11) is 0. The van der Waals surface area contributed by atoms with E-state index in [-0.39, 0.29) is 5.91 Å². The first-order valence-electron chi connectivity index (χ1n) is 8.14. The molecule has 0 N–H and O–H groups in total. The number of nitrogens with zero attached hydrogens (tertiary/aromatic N) is 3. The van der Waals surface area contributed by atoms with Crippen molar-refractivity contribution in [3.8, 4) is 0 Å². The zero-order valence-electron chi connectivity index (χ0n) is 13.5. The number of hydrogen-bond donors (Lipinski definition) is 0. The number of halogens is 1. The maximum Gasteiger partial charge on any atom is 0.274 e. The fourth-order valence-corrected chi connectivity index (χ4v) is 4.15. The lowest BCUT2D eigenvalue weighted by molar-refractivity contribution is 0.0725. The van der Waals surface area contributed by atoms with E-state index in [1.165, 1.54) is 16.0 Å². The molecule has 0 saturated heterocycles. The smallest absolute Gasteiger partial charge is 0.274 e. The van der Waals surface area contributed by atoms with Gasteiger partial charge in [-0.05, 0) is 58.6 Å². The van der Waals surface area contributed by atoms with Gasteiger partial charge in [-0.15, -0.1) is 11.8 Å². The predicted molar refractivity (Wildman–Crippen MR) is 98.4 cm³/mol. The Hall–Kier alpha value is -1.40. The molecule has 0 unspecified atom stereocenters. The van der Waals surface area contributed by atoms with Gasteiger partial charge >= 0.3 is 0 Å². The Morgan fingerprint density at radius 3 is 2.96 bits per heavy atom. The van der Waals surface area contributed by atoms with Gasteiger partial charge < -0.3 is 4.90 Å². The van der Waals surface area contributed by atoms with Crippen molar-refractivity contribution in [2.75, 3.05) is 12.8 Å². The first-order valence-corrected chi connectivity index (χ1v) is 10.2. The van der Waals surface area contributed by atoms with Crippen LogP contribution >= 0.6 is 27.7 Å². The second kappa shape index (κ2) is 6.48. The van der Waals surface area contributed by atoms with E-state index >= 15 is 0 Å². The molecule has 4 nitrogen and oxygen atoms in total. The number of hydrogen-bond acceptors (Lipinski definition) is 4. The van der Waals surface area contributed by atoms with Crippen LogP contribution in [0.5, 0.6) is 0 Å². The monoisotopic (exact) mass is 403 g/mol. The van der Waals surface area contributed by atoms with Gasteiger partial charge in [0.2, 0.25) is 0 Å². The summed E-state index contributed by atoms with van der Waals surface area (Å²) in [4.78, 5) is 25.1. The molecular formula is C18H18BrN3OS. The quantitative estimate of drug-likeness (QED) is 0.725. The number of amides is 1. The molecule has 124 valence electrons. The average molecular weight is 404 g/mol. The fourth-order valence-electron chi connectivity index (χ4n) is 3.13. The summed E-state index contributed by atoms with van der Waals surface area (Å²) in [6.45, 7) is 1.39. The first-order chi connectivity index (χ1) is 11.7. The van der Waals surface area contributed by atoms with Gasteiger partial charge in [-0.3, -0.25) is 4.79 Å². The number of fused-ring (bicyclic) bond motifs is 1. The molecular weight excluding hydrogens is 386 g/mol. The summed E-state index contributed by atoms with van der Waals surface area (Å²) in [5.41, 5.74) is 3.13. The third kappa shape index (κ3) is 2.97. The van der Waals surface area contributed by atoms with Crippen molar-refractivity contribution in [3.05, 3.63) is 51.5 Å². The Kier molecular flexibility index (Phi) is 4.35. The van der Waals surface area contributed by atoms with Crippen molar-refractivity contribution in [1.29, 1.82) is 0 Å². The second-order valence-corrected chi connectivity index (χ2v) is 7.98. The van der Waals surface area contributed by atoms with Gasteiger partial charge in [0.25, 0.3) is 5.91 Å². The summed E-state index contributed by atoms with van der Waals surface area (Å²) in [6.07, 6.45) is 6.96. The number of rotatable bonds is 3. The molecule has 6 heteroatoms. The average Bonchev–Trinajstić information content (AvgIpc) is 3.45. The highest BCUT2D eigenvalue weighted by Crippen LogP contribution is 2.38. The molecule has 0 bridgehead atoms. The molecule has 1 aliphatic carbocycles. The molecule has 0 radical (unpaired) electrons. The Morgan fingerprint density at radius 2 is 2.21 bits per heavy atom. The minimum atomic E-state index is -0.00673. The lowest BCUT2D eigenvalue weighted by Crippen LogP contribution is -2.37. The van der Waals surface area contributed by atoms with Crippen LogP contribution in [0.3, 0.4) is 0 Å². The van der Waals surface area contributed by atoms with Gasteiger partial charge in [-0.25, -0.2) is 9.97 Å². The predicted octanol–water partition coefficient (Wildman–Crippen LogP) is 4.04. The number of carbonyl (C=O) groups excluding carboxylic acids is 1. The topological polar surface area (TPSA) is 46.1 Å². The van der Waals surface area contributed by atoms with Gasteiger partial charge in [0.1, 0.15) is 11.5 Å². The summed E-state index contributed by atoms with van der Waals surface area (Å²) in [6, 6.07) is 6.40. The van der Waals surface area contributed by atoms with E-state index < -0.39 is 0 Å². The highest BCUT2D eigenvalue weighted by molar-refractivity contribution is 9.10. The number of carbonyl (C=O) groups is 1. The maximum atomic E-state index is 13.0. The minimum absolute atomic E-state index is 0.00673. The zero-order chi connectivity index (χ0) is 16.7. The van der Waals surface area contributed by atoms with Crippen LogP contribution in [-0.4, -0.2) is 33.6 Å². The van der Waals surface area contributed by atoms with E-state index in [1.54, 1.807) is 18.0 Å². The van der Waals surface area contributed by atoms with Crippen LogP contribution in [0, 0.1) is 0 Å². The Bertz CT molecular complexity index is 793. The van der Waals surface area contributed by atoms with Gasteiger partial charge in [-0.1, -0.05) is 12.1 Å². The molecule has 1 aromatic carbocycles. The molecule has 0 atom stereocenters. The van der Waals surface area contributed by atoms with Crippen LogP contribution < -0.4 is 0 Å². The van der Waals surface area contributed by atoms with Gasteiger partial charge in [0, 0.05) is 30.1 Å². The lowest BCUT2D eigenvalue weighted by atomic mass is 9.99. The zero-order valence-corrected chi connectivity index (χ0v) is 15.9. The molecule has 2 aromatic rings. The standard InChI is InChI=1S/C18H18BrN3OS/c1-24-15-4-2-3-11-7-8-22(10-13(11)15)18(23)16-14(19)9-20-17(21-16)12-5-6-12/h2-4,9,12H,5-8,10H2,1H3. The molecule has 2 aliphatic rings. The molecule has 2 heterocycles. The summed E-state index contributed by atoms with van der Waals surface area (Å²) in [5.74, 6) is 1.24. The maximum absolute atomic E-state index is 13.0. The highest BCUT2D eigenvalue weighted by Gasteiger charge is 2.30. The number of thioether (sulfide) groups is 1. The third-order valence-corrected chi connectivity index (χ3v) is 6.05. The summed E-state index contributed by atoms with van der Waals surface area (Å²) in [5, 5.41) is 0. The van der Waals surface area contributed by atoms with Crippen LogP contribution in [0.2, 0.25) is 0 Å². The van der Waals surface area contributed by atoms with Crippen molar-refractivity contribution in [3.63, 3.8) is 0 Å². The Morgan fingerprint density at radius 1 is 1.38 bits per heavy atom. The number of benzene rings is 1. The third-order valence-electron chi connectivity index (χ3n) is 4.65.